The van der Waals surface area contributed by atoms with Crippen molar-refractivity contribution < 1.29 is 36.5 Å². The number of aliphatic hydroxyl groups excluding tert-OH is 2. The second kappa shape index (κ2) is 8.91. The zero-order valence-corrected chi connectivity index (χ0v) is 17.1. The molecule has 0 saturated heterocycles. The summed E-state index contributed by atoms with van der Waals surface area (Å²) in [5.41, 5.74) is 0.416. The summed E-state index contributed by atoms with van der Waals surface area (Å²) >= 11 is 0. The third-order valence-corrected chi connectivity index (χ3v) is 9.22. The Morgan fingerprint density at radius 2 is 1.07 bits per heavy atom. The van der Waals surface area contributed by atoms with E-state index in [2.05, 4.69) is 0 Å². The van der Waals surface area contributed by atoms with E-state index in [1.54, 1.807) is 0 Å². The van der Waals surface area contributed by atoms with E-state index in [9.17, 15) is 16.8 Å². The number of ether oxygens (including phenoxy) is 2. The van der Waals surface area contributed by atoms with E-state index in [1.807, 2.05) is 0 Å². The SMILES string of the molecule is Cc1cc(OCCO)ccc1S(=O)(=O)S(=O)(=O)c1ccc(OCCO)cc1C. The van der Waals surface area contributed by atoms with Gasteiger partial charge in [0.25, 0.3) is 17.7 Å². The van der Waals surface area contributed by atoms with Crippen LogP contribution >= 0.6 is 0 Å². The predicted molar refractivity (Wildman–Crippen MR) is 102 cm³/mol. The van der Waals surface area contributed by atoms with Crippen molar-refractivity contribution in [2.75, 3.05) is 26.4 Å². The van der Waals surface area contributed by atoms with Crippen molar-refractivity contribution in [1.29, 1.82) is 0 Å². The van der Waals surface area contributed by atoms with Crippen LogP contribution < -0.4 is 9.47 Å². The van der Waals surface area contributed by atoms with E-state index < -0.39 is 17.7 Å². The highest BCUT2D eigenvalue weighted by Gasteiger charge is 2.36. The summed E-state index contributed by atoms with van der Waals surface area (Å²) in [6, 6.07) is 7.81. The van der Waals surface area contributed by atoms with Crippen LogP contribution in [0.1, 0.15) is 11.1 Å². The molecular formula is C18H22O8S2. The van der Waals surface area contributed by atoms with Crippen molar-refractivity contribution >= 4 is 17.7 Å². The summed E-state index contributed by atoms with van der Waals surface area (Å²) in [4.78, 5) is -0.687. The summed E-state index contributed by atoms with van der Waals surface area (Å²) in [5.74, 6) is 0.647. The molecule has 0 fully saturated rings. The third-order valence-electron chi connectivity index (χ3n) is 3.84. The van der Waals surface area contributed by atoms with Gasteiger partial charge >= 0.3 is 0 Å². The van der Waals surface area contributed by atoms with Crippen LogP contribution in [0.3, 0.4) is 0 Å². The Labute approximate surface area is 163 Å². The molecule has 2 N–H and O–H groups in total. The van der Waals surface area contributed by atoms with Gasteiger partial charge in [0.2, 0.25) is 0 Å². The molecule has 0 atom stereocenters. The Morgan fingerprint density at radius 3 is 1.36 bits per heavy atom. The highest BCUT2D eigenvalue weighted by atomic mass is 33.2. The van der Waals surface area contributed by atoms with Gasteiger partial charge in [-0.15, -0.1) is 0 Å². The maximum absolute atomic E-state index is 12.9. The van der Waals surface area contributed by atoms with Gasteiger partial charge in [0.1, 0.15) is 24.7 Å². The topological polar surface area (TPSA) is 127 Å². The Bertz CT molecular complexity index is 958. The fourth-order valence-corrected chi connectivity index (χ4v) is 6.94. The minimum atomic E-state index is -4.73. The molecule has 0 aliphatic carbocycles. The van der Waals surface area contributed by atoms with Crippen molar-refractivity contribution in [2.24, 2.45) is 0 Å². The number of hydrogen-bond acceptors (Lipinski definition) is 8. The smallest absolute Gasteiger partial charge is 0.286 e. The van der Waals surface area contributed by atoms with Crippen LogP contribution in [0.15, 0.2) is 46.2 Å². The van der Waals surface area contributed by atoms with Crippen LogP contribution in [0.4, 0.5) is 0 Å². The Hall–Kier alpha value is -2.14. The van der Waals surface area contributed by atoms with Crippen molar-refractivity contribution in [3.05, 3.63) is 47.5 Å². The van der Waals surface area contributed by atoms with Crippen molar-refractivity contribution in [3.63, 3.8) is 0 Å². The number of hydrogen-bond donors (Lipinski definition) is 2. The Balaban J connectivity index is 2.44. The molecule has 0 saturated carbocycles. The Kier molecular flexibility index (Phi) is 7.05. The van der Waals surface area contributed by atoms with E-state index in [1.165, 1.54) is 50.2 Å². The third kappa shape index (κ3) is 4.46. The van der Waals surface area contributed by atoms with E-state index in [0.717, 1.165) is 0 Å². The molecule has 0 spiro atoms. The average molecular weight is 431 g/mol. The number of aliphatic hydroxyl groups is 2. The highest BCUT2D eigenvalue weighted by Crippen LogP contribution is 2.31. The summed E-state index contributed by atoms with van der Waals surface area (Å²) in [7, 11) is -9.45. The molecule has 154 valence electrons. The lowest BCUT2D eigenvalue weighted by atomic mass is 10.2. The zero-order valence-electron chi connectivity index (χ0n) is 15.5. The standard InChI is InChI=1S/C18H22O8S2/c1-13-11-15(25-9-7-19)3-5-17(13)27(21,22)28(23,24)18-6-4-16(12-14(18)2)26-10-8-20/h3-6,11-12,19-20H,7-10H2,1-2H3. The van der Waals surface area contributed by atoms with Crippen LogP contribution in [-0.4, -0.2) is 53.5 Å². The number of aryl methyl sites for hydroxylation is 2. The molecule has 2 aromatic rings. The molecule has 2 aromatic carbocycles. The molecule has 0 unspecified atom stereocenters. The van der Waals surface area contributed by atoms with Crippen LogP contribution in [0.5, 0.6) is 11.5 Å². The summed E-state index contributed by atoms with van der Waals surface area (Å²) in [5, 5.41) is 17.6. The normalized spacial score (nSPS) is 12.0. The lowest BCUT2D eigenvalue weighted by molar-refractivity contribution is 0.201. The fraction of sp³-hybridized carbons (Fsp3) is 0.333. The monoisotopic (exact) mass is 430 g/mol. The van der Waals surface area contributed by atoms with Crippen molar-refractivity contribution in [2.45, 2.75) is 23.6 Å². The molecule has 0 heterocycles. The molecule has 2 rings (SSSR count). The van der Waals surface area contributed by atoms with Gasteiger partial charge in [-0.3, -0.25) is 0 Å². The van der Waals surface area contributed by atoms with E-state index in [-0.39, 0.29) is 47.3 Å². The van der Waals surface area contributed by atoms with Crippen molar-refractivity contribution in [3.8, 4) is 11.5 Å². The van der Waals surface area contributed by atoms with E-state index in [4.69, 9.17) is 19.7 Å². The first-order valence-corrected chi connectivity index (χ1v) is 11.8. The molecule has 8 nitrogen and oxygen atoms in total. The van der Waals surface area contributed by atoms with Gasteiger partial charge in [0, 0.05) is 0 Å². The first kappa shape index (κ1) is 22.2. The molecule has 0 bridgehead atoms. The quantitative estimate of drug-likeness (QED) is 0.568. The fourth-order valence-electron chi connectivity index (χ4n) is 2.55. The van der Waals surface area contributed by atoms with Gasteiger partial charge in [-0.1, -0.05) is 0 Å². The van der Waals surface area contributed by atoms with E-state index in [0.29, 0.717) is 11.5 Å². The van der Waals surface area contributed by atoms with Crippen LogP contribution in [-0.2, 0) is 17.7 Å². The van der Waals surface area contributed by atoms with Crippen LogP contribution in [0.25, 0.3) is 0 Å². The lowest BCUT2D eigenvalue weighted by Crippen LogP contribution is -2.18. The van der Waals surface area contributed by atoms with Crippen molar-refractivity contribution in [1.82, 2.24) is 0 Å². The minimum Gasteiger partial charge on any atom is -0.491 e. The summed E-state index contributed by atoms with van der Waals surface area (Å²) in [6.45, 7) is 2.59. The van der Waals surface area contributed by atoms with Gasteiger partial charge in [0.05, 0.1) is 23.0 Å². The second-order valence-corrected chi connectivity index (χ2v) is 11.2. The number of rotatable bonds is 9. The second-order valence-electron chi connectivity index (χ2n) is 5.91. The zero-order chi connectivity index (χ0) is 20.9. The van der Waals surface area contributed by atoms with Gasteiger partial charge in [-0.2, -0.15) is 0 Å². The molecule has 0 aromatic heterocycles. The molecular weight excluding hydrogens is 408 g/mol. The summed E-state index contributed by atoms with van der Waals surface area (Å²) < 4.78 is 61.9. The van der Waals surface area contributed by atoms with Gasteiger partial charge in [-0.05, 0) is 61.4 Å². The molecule has 0 aliphatic rings. The Morgan fingerprint density at radius 1 is 0.714 bits per heavy atom. The maximum atomic E-state index is 12.9. The first-order chi connectivity index (χ1) is 13.1. The van der Waals surface area contributed by atoms with Gasteiger partial charge in [-0.25, -0.2) is 16.8 Å². The van der Waals surface area contributed by atoms with Gasteiger partial charge < -0.3 is 19.7 Å². The van der Waals surface area contributed by atoms with Crippen LogP contribution in [0.2, 0.25) is 0 Å². The minimum absolute atomic E-state index is 0.0354. The molecule has 0 radical (unpaired) electrons. The molecule has 28 heavy (non-hydrogen) atoms. The van der Waals surface area contributed by atoms with E-state index >= 15 is 0 Å². The van der Waals surface area contributed by atoms with Gasteiger partial charge in [0.15, 0.2) is 0 Å². The number of benzene rings is 2. The lowest BCUT2D eigenvalue weighted by Gasteiger charge is -2.13. The molecule has 0 amide bonds. The molecule has 10 heteroatoms. The highest BCUT2D eigenvalue weighted by molar-refractivity contribution is 8.67. The maximum Gasteiger partial charge on any atom is 0.286 e. The molecule has 0 aliphatic heterocycles. The average Bonchev–Trinajstić information content (AvgIpc) is 2.64. The largest absolute Gasteiger partial charge is 0.491 e. The summed E-state index contributed by atoms with van der Waals surface area (Å²) in [6.07, 6.45) is 0. The first-order valence-electron chi connectivity index (χ1n) is 8.34. The van der Waals surface area contributed by atoms with Crippen LogP contribution in [0, 0.1) is 13.8 Å². The predicted octanol–water partition coefficient (Wildman–Crippen LogP) is 1.21.